The Morgan fingerprint density at radius 1 is 0.825 bits per heavy atom. The third-order valence-corrected chi connectivity index (χ3v) is 6.90. The quantitative estimate of drug-likeness (QED) is 0.207. The summed E-state index contributed by atoms with van der Waals surface area (Å²) in [6.45, 7) is 0.850. The number of benzene rings is 4. The van der Waals surface area contributed by atoms with Crippen molar-refractivity contribution in [1.82, 2.24) is 14.9 Å². The summed E-state index contributed by atoms with van der Waals surface area (Å²) in [6, 6.07) is 32.4. The Labute approximate surface area is 230 Å². The zero-order valence-electron chi connectivity index (χ0n) is 21.5. The van der Waals surface area contributed by atoms with Gasteiger partial charge in [0.15, 0.2) is 0 Å². The largest absolute Gasteiger partial charge is 0.478 e. The van der Waals surface area contributed by atoms with Crippen molar-refractivity contribution in [1.29, 1.82) is 0 Å². The third kappa shape index (κ3) is 5.13. The van der Waals surface area contributed by atoms with E-state index in [0.717, 1.165) is 44.3 Å². The van der Waals surface area contributed by atoms with Gasteiger partial charge in [0.1, 0.15) is 0 Å². The molecular formula is C33H26N4O3. The molecule has 2 heterocycles. The minimum atomic E-state index is -0.981. The Kier molecular flexibility index (Phi) is 6.68. The van der Waals surface area contributed by atoms with Crippen molar-refractivity contribution < 1.29 is 14.7 Å². The van der Waals surface area contributed by atoms with E-state index in [4.69, 9.17) is 5.11 Å². The Hall–Kier alpha value is -5.43. The number of nitrogens with one attached hydrogen (secondary N) is 2. The van der Waals surface area contributed by atoms with Crippen molar-refractivity contribution >= 4 is 45.1 Å². The number of para-hydroxylation sites is 1. The van der Waals surface area contributed by atoms with Crippen LogP contribution in [0, 0.1) is 0 Å². The van der Waals surface area contributed by atoms with Crippen molar-refractivity contribution in [2.24, 2.45) is 0 Å². The molecule has 6 rings (SSSR count). The highest BCUT2D eigenvalue weighted by atomic mass is 16.4. The molecule has 3 N–H and O–H groups in total. The molecule has 0 saturated carbocycles. The number of fused-ring (bicyclic) bond motifs is 2. The Balaban J connectivity index is 1.34. The summed E-state index contributed by atoms with van der Waals surface area (Å²) in [4.78, 5) is 29.1. The molecule has 196 valence electrons. The minimum absolute atomic E-state index is 0.208. The van der Waals surface area contributed by atoms with Gasteiger partial charge in [0.2, 0.25) is 0 Å². The molecule has 0 aliphatic rings. The Morgan fingerprint density at radius 3 is 2.42 bits per heavy atom. The first-order valence-electron chi connectivity index (χ1n) is 12.9. The van der Waals surface area contributed by atoms with Crippen LogP contribution in [-0.4, -0.2) is 26.5 Å². The predicted octanol–water partition coefficient (Wildman–Crippen LogP) is 6.61. The Bertz CT molecular complexity index is 1840. The number of nitrogens with zero attached hydrogens (tertiary/aromatic N) is 2. The number of anilines is 2. The van der Waals surface area contributed by atoms with Gasteiger partial charge in [0.05, 0.1) is 22.2 Å². The van der Waals surface area contributed by atoms with Crippen LogP contribution in [-0.2, 0) is 13.1 Å². The van der Waals surface area contributed by atoms with Crippen molar-refractivity contribution in [2.75, 3.05) is 5.32 Å². The third-order valence-electron chi connectivity index (χ3n) is 6.90. The number of carboxylic acids is 1. The lowest BCUT2D eigenvalue weighted by molar-refractivity contribution is 0.0696. The fourth-order valence-corrected chi connectivity index (χ4v) is 4.88. The summed E-state index contributed by atoms with van der Waals surface area (Å²) in [5.41, 5.74) is 6.27. The lowest BCUT2D eigenvalue weighted by Crippen LogP contribution is -2.23. The van der Waals surface area contributed by atoms with Crippen LogP contribution >= 0.6 is 0 Å². The van der Waals surface area contributed by atoms with Gasteiger partial charge in [-0.15, -0.1) is 0 Å². The number of aromatic carboxylic acids is 1. The van der Waals surface area contributed by atoms with E-state index in [0.29, 0.717) is 12.1 Å². The first-order chi connectivity index (χ1) is 19.5. The number of pyridine rings is 1. The summed E-state index contributed by atoms with van der Waals surface area (Å²) in [7, 11) is 0. The van der Waals surface area contributed by atoms with E-state index in [2.05, 4.69) is 38.4 Å². The van der Waals surface area contributed by atoms with Crippen molar-refractivity contribution in [3.8, 4) is 0 Å². The van der Waals surface area contributed by atoms with E-state index >= 15 is 0 Å². The molecule has 0 radical (unpaired) electrons. The van der Waals surface area contributed by atoms with E-state index in [9.17, 15) is 9.59 Å². The monoisotopic (exact) mass is 526 g/mol. The topological polar surface area (TPSA) is 96.3 Å². The van der Waals surface area contributed by atoms with Gasteiger partial charge >= 0.3 is 5.97 Å². The second-order valence-electron chi connectivity index (χ2n) is 9.57. The van der Waals surface area contributed by atoms with Gasteiger partial charge in [0, 0.05) is 47.6 Å². The van der Waals surface area contributed by atoms with Crippen LogP contribution in [0.4, 0.5) is 11.4 Å². The van der Waals surface area contributed by atoms with Crippen LogP contribution in [0.1, 0.15) is 31.8 Å². The number of carbonyl (C=O) groups is 2. The highest BCUT2D eigenvalue weighted by molar-refractivity contribution is 6.09. The second kappa shape index (κ2) is 10.7. The van der Waals surface area contributed by atoms with Gasteiger partial charge in [-0.25, -0.2) is 4.79 Å². The number of carbonyl (C=O) groups excluding carboxylic acids is 1. The van der Waals surface area contributed by atoms with Crippen LogP contribution in [0.5, 0.6) is 0 Å². The average molecular weight is 527 g/mol. The SMILES string of the molecule is O=C(O)c1ccc(CNC(=O)c2ccc(Nc3ccccc3)c3ccn(Cc4ccc5cccnc5c4)c23)cc1. The number of carboxylic acid groups (broad SMARTS) is 1. The van der Waals surface area contributed by atoms with Gasteiger partial charge in [-0.3, -0.25) is 9.78 Å². The summed E-state index contributed by atoms with van der Waals surface area (Å²) < 4.78 is 2.09. The van der Waals surface area contributed by atoms with Crippen LogP contribution in [0.2, 0.25) is 0 Å². The molecule has 40 heavy (non-hydrogen) atoms. The summed E-state index contributed by atoms with van der Waals surface area (Å²) in [5, 5.41) is 17.6. The second-order valence-corrected chi connectivity index (χ2v) is 9.57. The predicted molar refractivity (Wildman–Crippen MR) is 157 cm³/mol. The standard InChI is InChI=1S/C33H26N4O3/c38-32(35-20-22-8-12-25(13-9-22)33(39)40)28-14-15-29(36-26-6-2-1-3-7-26)27-16-18-37(31(27)28)21-23-10-11-24-5-4-17-34-30(24)19-23/h1-19,36H,20-21H2,(H,35,38)(H,39,40). The molecule has 0 fully saturated rings. The van der Waals surface area contributed by atoms with Crippen LogP contribution in [0.25, 0.3) is 21.8 Å². The number of rotatable bonds is 8. The molecule has 0 atom stereocenters. The normalized spacial score (nSPS) is 11.0. The zero-order chi connectivity index (χ0) is 27.5. The van der Waals surface area contributed by atoms with Crippen LogP contribution in [0.15, 0.2) is 116 Å². The van der Waals surface area contributed by atoms with Crippen molar-refractivity contribution in [2.45, 2.75) is 13.1 Å². The molecule has 0 unspecified atom stereocenters. The number of aromatic nitrogens is 2. The van der Waals surface area contributed by atoms with E-state index in [-0.39, 0.29) is 18.0 Å². The van der Waals surface area contributed by atoms with Crippen molar-refractivity contribution in [3.63, 3.8) is 0 Å². The highest BCUT2D eigenvalue weighted by Crippen LogP contribution is 2.31. The smallest absolute Gasteiger partial charge is 0.335 e. The Morgan fingerprint density at radius 2 is 1.62 bits per heavy atom. The van der Waals surface area contributed by atoms with Crippen LogP contribution in [0.3, 0.4) is 0 Å². The minimum Gasteiger partial charge on any atom is -0.478 e. The van der Waals surface area contributed by atoms with E-state index in [1.54, 1.807) is 18.3 Å². The summed E-state index contributed by atoms with van der Waals surface area (Å²) >= 11 is 0. The van der Waals surface area contributed by atoms with E-state index in [1.165, 1.54) is 12.1 Å². The molecule has 0 aliphatic heterocycles. The fraction of sp³-hybridized carbons (Fsp3) is 0.0606. The molecule has 1 amide bonds. The van der Waals surface area contributed by atoms with Gasteiger partial charge < -0.3 is 20.3 Å². The molecule has 0 spiro atoms. The molecule has 4 aromatic carbocycles. The maximum atomic E-state index is 13.5. The molecule has 0 saturated heterocycles. The maximum absolute atomic E-state index is 13.5. The fourth-order valence-electron chi connectivity index (χ4n) is 4.88. The van der Waals surface area contributed by atoms with Gasteiger partial charge in [-0.2, -0.15) is 0 Å². The van der Waals surface area contributed by atoms with E-state index in [1.807, 2.05) is 66.9 Å². The summed E-state index contributed by atoms with van der Waals surface area (Å²) in [6.07, 6.45) is 3.79. The summed E-state index contributed by atoms with van der Waals surface area (Å²) in [5.74, 6) is -1.19. The van der Waals surface area contributed by atoms with Gasteiger partial charge in [0.25, 0.3) is 5.91 Å². The molecule has 0 bridgehead atoms. The molecule has 2 aromatic heterocycles. The van der Waals surface area contributed by atoms with Crippen molar-refractivity contribution in [3.05, 3.63) is 138 Å². The zero-order valence-corrected chi connectivity index (χ0v) is 21.5. The van der Waals surface area contributed by atoms with E-state index < -0.39 is 5.97 Å². The van der Waals surface area contributed by atoms with Gasteiger partial charge in [-0.05, 0) is 65.7 Å². The average Bonchev–Trinajstić information content (AvgIpc) is 3.40. The van der Waals surface area contributed by atoms with Crippen LogP contribution < -0.4 is 10.6 Å². The molecule has 6 aromatic rings. The molecule has 7 nitrogen and oxygen atoms in total. The maximum Gasteiger partial charge on any atom is 0.335 e. The molecule has 0 aliphatic carbocycles. The molecular weight excluding hydrogens is 500 g/mol. The number of amides is 1. The number of hydrogen-bond acceptors (Lipinski definition) is 4. The molecule has 7 heteroatoms. The van der Waals surface area contributed by atoms with Gasteiger partial charge in [-0.1, -0.05) is 48.5 Å². The highest BCUT2D eigenvalue weighted by Gasteiger charge is 2.17. The lowest BCUT2D eigenvalue weighted by atomic mass is 10.1. The lowest BCUT2D eigenvalue weighted by Gasteiger charge is -2.14. The first kappa shape index (κ1) is 24.9. The first-order valence-corrected chi connectivity index (χ1v) is 12.9. The number of hydrogen-bond donors (Lipinski definition) is 3.